The Hall–Kier alpha value is 0. The van der Waals surface area contributed by atoms with Gasteiger partial charge in [-0.05, 0) is 49.4 Å². The lowest BCUT2D eigenvalue weighted by molar-refractivity contribution is 0.248. The second kappa shape index (κ2) is 3.40. The fourth-order valence-corrected chi connectivity index (χ4v) is 3.14. The first-order chi connectivity index (χ1) is 5.83. The summed E-state index contributed by atoms with van der Waals surface area (Å²) in [4.78, 5) is 0. The Morgan fingerprint density at radius 3 is 2.50 bits per heavy atom. The van der Waals surface area contributed by atoms with Gasteiger partial charge in [-0.3, -0.25) is 0 Å². The third kappa shape index (κ3) is 1.53. The average Bonchev–Trinajstić information content (AvgIpc) is 2.83. The van der Waals surface area contributed by atoms with Gasteiger partial charge in [0.1, 0.15) is 0 Å². The van der Waals surface area contributed by atoms with Crippen molar-refractivity contribution in [2.75, 3.05) is 0 Å². The fraction of sp³-hybridized carbons (Fsp3) is 1.00. The van der Waals surface area contributed by atoms with Crippen LogP contribution in [0.5, 0.6) is 0 Å². The Balaban J connectivity index is 1.93. The molecule has 0 heteroatoms. The van der Waals surface area contributed by atoms with Crippen molar-refractivity contribution >= 4 is 0 Å². The van der Waals surface area contributed by atoms with Gasteiger partial charge < -0.3 is 0 Å². The van der Waals surface area contributed by atoms with Crippen LogP contribution >= 0.6 is 0 Å². The summed E-state index contributed by atoms with van der Waals surface area (Å²) < 4.78 is 0. The monoisotopic (exact) mass is 166 g/mol. The first-order valence-corrected chi connectivity index (χ1v) is 5.83. The van der Waals surface area contributed by atoms with Crippen molar-refractivity contribution in [1.29, 1.82) is 0 Å². The Labute approximate surface area is 76.7 Å². The number of hydrogen-bond donors (Lipinski definition) is 0. The van der Waals surface area contributed by atoms with Crippen molar-refractivity contribution < 1.29 is 0 Å². The molecule has 0 heterocycles. The zero-order valence-electron chi connectivity index (χ0n) is 8.55. The topological polar surface area (TPSA) is 0 Å². The molecule has 0 amide bonds. The molecule has 0 saturated heterocycles. The normalized spacial score (nSPS) is 38.5. The van der Waals surface area contributed by atoms with Crippen molar-refractivity contribution in [3.63, 3.8) is 0 Å². The Morgan fingerprint density at radius 1 is 1.17 bits per heavy atom. The minimum atomic E-state index is 0.998. The molecule has 0 aromatic heterocycles. The van der Waals surface area contributed by atoms with Crippen LogP contribution < -0.4 is 0 Å². The zero-order valence-corrected chi connectivity index (χ0v) is 8.55. The molecular formula is C12H22. The molecule has 2 aliphatic rings. The lowest BCUT2D eigenvalue weighted by Crippen LogP contribution is -2.17. The van der Waals surface area contributed by atoms with E-state index in [0.29, 0.717) is 0 Å². The molecule has 0 aromatic carbocycles. The molecular weight excluding hydrogens is 144 g/mol. The standard InChI is InChI=1S/C12H22/c1-3-9(2)11-5-4-6-12(11)10-7-8-10/h9-12H,3-8H2,1-2H3. The molecule has 12 heavy (non-hydrogen) atoms. The maximum Gasteiger partial charge on any atom is -0.0355 e. The summed E-state index contributed by atoms with van der Waals surface area (Å²) in [7, 11) is 0. The summed E-state index contributed by atoms with van der Waals surface area (Å²) >= 11 is 0. The molecule has 3 unspecified atom stereocenters. The van der Waals surface area contributed by atoms with Crippen LogP contribution in [0.4, 0.5) is 0 Å². The molecule has 2 saturated carbocycles. The third-order valence-electron chi connectivity index (χ3n) is 4.23. The van der Waals surface area contributed by atoms with E-state index in [9.17, 15) is 0 Å². The molecule has 70 valence electrons. The van der Waals surface area contributed by atoms with Crippen LogP contribution in [-0.2, 0) is 0 Å². The largest absolute Gasteiger partial charge is 0.0651 e. The van der Waals surface area contributed by atoms with Gasteiger partial charge in [-0.15, -0.1) is 0 Å². The van der Waals surface area contributed by atoms with Crippen molar-refractivity contribution in [1.82, 2.24) is 0 Å². The van der Waals surface area contributed by atoms with Gasteiger partial charge in [0.25, 0.3) is 0 Å². The maximum atomic E-state index is 2.46. The Bertz CT molecular complexity index is 146. The second-order valence-corrected chi connectivity index (χ2v) is 4.98. The first-order valence-electron chi connectivity index (χ1n) is 5.83. The lowest BCUT2D eigenvalue weighted by atomic mass is 9.81. The predicted molar refractivity (Wildman–Crippen MR) is 53.0 cm³/mol. The van der Waals surface area contributed by atoms with Gasteiger partial charge in [-0.2, -0.15) is 0 Å². The molecule has 0 radical (unpaired) electrons. The molecule has 3 atom stereocenters. The predicted octanol–water partition coefficient (Wildman–Crippen LogP) is 3.86. The lowest BCUT2D eigenvalue weighted by Gasteiger charge is -2.24. The van der Waals surface area contributed by atoms with Gasteiger partial charge in [0.15, 0.2) is 0 Å². The van der Waals surface area contributed by atoms with E-state index >= 15 is 0 Å². The summed E-state index contributed by atoms with van der Waals surface area (Å²) in [5, 5.41) is 0. The minimum absolute atomic E-state index is 0.998. The minimum Gasteiger partial charge on any atom is -0.0651 e. The van der Waals surface area contributed by atoms with Gasteiger partial charge in [0.05, 0.1) is 0 Å². The van der Waals surface area contributed by atoms with Gasteiger partial charge in [0.2, 0.25) is 0 Å². The summed E-state index contributed by atoms with van der Waals surface area (Å²) in [6.07, 6.45) is 9.12. The Kier molecular flexibility index (Phi) is 2.43. The SMILES string of the molecule is CCC(C)C1CCCC1C1CC1. The van der Waals surface area contributed by atoms with Crippen molar-refractivity contribution in [3.8, 4) is 0 Å². The zero-order chi connectivity index (χ0) is 8.55. The molecule has 2 aliphatic carbocycles. The van der Waals surface area contributed by atoms with E-state index in [1.807, 2.05) is 0 Å². The van der Waals surface area contributed by atoms with Gasteiger partial charge in [0, 0.05) is 0 Å². The van der Waals surface area contributed by atoms with Gasteiger partial charge >= 0.3 is 0 Å². The highest BCUT2D eigenvalue weighted by Crippen LogP contribution is 2.50. The van der Waals surface area contributed by atoms with Crippen LogP contribution in [0.2, 0.25) is 0 Å². The Morgan fingerprint density at radius 2 is 1.92 bits per heavy atom. The van der Waals surface area contributed by atoms with E-state index in [4.69, 9.17) is 0 Å². The molecule has 0 nitrogen and oxygen atoms in total. The number of hydrogen-bond acceptors (Lipinski definition) is 0. The second-order valence-electron chi connectivity index (χ2n) is 4.98. The molecule has 0 aliphatic heterocycles. The molecule has 0 aromatic rings. The summed E-state index contributed by atoms with van der Waals surface area (Å²) in [6.45, 7) is 4.82. The van der Waals surface area contributed by atoms with Crippen molar-refractivity contribution in [3.05, 3.63) is 0 Å². The maximum absolute atomic E-state index is 2.46. The average molecular weight is 166 g/mol. The molecule has 0 bridgehead atoms. The van der Waals surface area contributed by atoms with Gasteiger partial charge in [-0.1, -0.05) is 26.7 Å². The van der Waals surface area contributed by atoms with E-state index < -0.39 is 0 Å². The summed E-state index contributed by atoms with van der Waals surface area (Å²) in [6, 6.07) is 0. The van der Waals surface area contributed by atoms with Crippen LogP contribution in [-0.4, -0.2) is 0 Å². The highest BCUT2D eigenvalue weighted by Gasteiger charge is 2.40. The van der Waals surface area contributed by atoms with E-state index in [0.717, 1.165) is 23.7 Å². The highest BCUT2D eigenvalue weighted by molar-refractivity contribution is 4.90. The van der Waals surface area contributed by atoms with Crippen LogP contribution in [0.25, 0.3) is 0 Å². The molecule has 0 spiro atoms. The first kappa shape index (κ1) is 8.59. The smallest absolute Gasteiger partial charge is 0.0355 e. The van der Waals surface area contributed by atoms with Crippen molar-refractivity contribution in [2.45, 2.75) is 52.4 Å². The molecule has 2 rings (SSSR count). The van der Waals surface area contributed by atoms with Crippen LogP contribution in [0.15, 0.2) is 0 Å². The van der Waals surface area contributed by atoms with E-state index in [1.54, 1.807) is 19.3 Å². The third-order valence-corrected chi connectivity index (χ3v) is 4.23. The van der Waals surface area contributed by atoms with E-state index in [-0.39, 0.29) is 0 Å². The molecule has 2 fully saturated rings. The van der Waals surface area contributed by atoms with E-state index in [2.05, 4.69) is 13.8 Å². The van der Waals surface area contributed by atoms with Crippen LogP contribution in [0, 0.1) is 23.7 Å². The van der Waals surface area contributed by atoms with Crippen molar-refractivity contribution in [2.24, 2.45) is 23.7 Å². The van der Waals surface area contributed by atoms with Gasteiger partial charge in [-0.25, -0.2) is 0 Å². The highest BCUT2D eigenvalue weighted by atomic mass is 14.5. The quantitative estimate of drug-likeness (QED) is 0.597. The summed E-state index contributed by atoms with van der Waals surface area (Å²) in [5.74, 6) is 4.40. The van der Waals surface area contributed by atoms with Crippen LogP contribution in [0.1, 0.15) is 52.4 Å². The van der Waals surface area contributed by atoms with E-state index in [1.165, 1.54) is 19.3 Å². The molecule has 0 N–H and O–H groups in total. The number of rotatable bonds is 3. The van der Waals surface area contributed by atoms with Crippen LogP contribution in [0.3, 0.4) is 0 Å². The summed E-state index contributed by atoms with van der Waals surface area (Å²) in [5.41, 5.74) is 0. The fourth-order valence-electron chi connectivity index (χ4n) is 3.14.